The van der Waals surface area contributed by atoms with Gasteiger partial charge in [-0.25, -0.2) is 5.43 Å². The molecule has 11 nitrogen and oxygen atoms in total. The Hall–Kier alpha value is -3.44. The van der Waals surface area contributed by atoms with Gasteiger partial charge in [-0.1, -0.05) is 23.2 Å². The first-order valence-corrected chi connectivity index (χ1v) is 8.00. The van der Waals surface area contributed by atoms with Crippen LogP contribution in [0.25, 0.3) is 0 Å². The normalized spacial score (nSPS) is 10.6. The first kappa shape index (κ1) is 20.9. The van der Waals surface area contributed by atoms with Gasteiger partial charge in [0.15, 0.2) is 6.61 Å². The minimum absolute atomic E-state index is 0.00759. The molecule has 0 aliphatic heterocycles. The van der Waals surface area contributed by atoms with Gasteiger partial charge in [-0.05, 0) is 12.1 Å². The van der Waals surface area contributed by atoms with Crippen LogP contribution in [0.2, 0.25) is 10.0 Å². The molecule has 0 aliphatic rings. The van der Waals surface area contributed by atoms with E-state index in [9.17, 15) is 30.1 Å². The highest BCUT2D eigenvalue weighted by Gasteiger charge is 2.21. The molecule has 0 saturated heterocycles. The number of carbonyl (C=O) groups is 1. The number of nitro benzene ring substituents is 2. The number of phenolic OH excluding ortho intramolecular Hbond substituents is 1. The molecule has 2 aromatic rings. The molecule has 0 saturated carbocycles. The van der Waals surface area contributed by atoms with Crippen LogP contribution in [-0.4, -0.2) is 33.7 Å². The number of aromatic hydroxyl groups is 1. The Labute approximate surface area is 166 Å². The van der Waals surface area contributed by atoms with Crippen molar-refractivity contribution in [2.24, 2.45) is 5.10 Å². The van der Waals surface area contributed by atoms with Crippen molar-refractivity contribution in [1.29, 1.82) is 0 Å². The zero-order valence-corrected chi connectivity index (χ0v) is 15.2. The summed E-state index contributed by atoms with van der Waals surface area (Å²) in [6, 6.07) is 5.49. The van der Waals surface area contributed by atoms with Gasteiger partial charge < -0.3 is 9.84 Å². The minimum Gasteiger partial charge on any atom is -0.507 e. The number of hydrazone groups is 1. The Bertz CT molecular complexity index is 981. The molecule has 1 amide bonds. The molecule has 0 aliphatic carbocycles. The van der Waals surface area contributed by atoms with Gasteiger partial charge in [-0.3, -0.25) is 25.0 Å². The van der Waals surface area contributed by atoms with Gasteiger partial charge in [-0.2, -0.15) is 5.10 Å². The molecule has 0 spiro atoms. The average Bonchev–Trinajstić information content (AvgIpc) is 2.61. The second-order valence-corrected chi connectivity index (χ2v) is 5.92. The number of nitrogens with one attached hydrogen (secondary N) is 1. The highest BCUT2D eigenvalue weighted by Crippen LogP contribution is 2.37. The molecular formula is C15H10Cl2N4O7. The predicted molar refractivity (Wildman–Crippen MR) is 99.1 cm³/mol. The van der Waals surface area contributed by atoms with Crippen LogP contribution < -0.4 is 10.2 Å². The summed E-state index contributed by atoms with van der Waals surface area (Å²) in [5.74, 6) is -1.43. The van der Waals surface area contributed by atoms with Crippen LogP contribution in [0.5, 0.6) is 11.5 Å². The Morgan fingerprint density at radius 2 is 1.93 bits per heavy atom. The maximum absolute atomic E-state index is 11.8. The summed E-state index contributed by atoms with van der Waals surface area (Å²) in [5, 5.41) is 34.8. The van der Waals surface area contributed by atoms with Crippen LogP contribution >= 0.6 is 23.2 Å². The van der Waals surface area contributed by atoms with E-state index in [0.717, 1.165) is 30.5 Å². The molecule has 0 radical (unpaired) electrons. The SMILES string of the molecule is O=C(COc1c(Cl)cc(Cl)cc1[N+](=O)[O-])N/N=C/c1cc([N+](=O)[O-])ccc1O. The summed E-state index contributed by atoms with van der Waals surface area (Å²) < 4.78 is 5.07. The van der Waals surface area contributed by atoms with Crippen molar-refractivity contribution in [1.82, 2.24) is 5.43 Å². The van der Waals surface area contributed by atoms with E-state index in [-0.39, 0.29) is 32.8 Å². The number of non-ortho nitro benzene ring substituents is 1. The molecule has 28 heavy (non-hydrogen) atoms. The Morgan fingerprint density at radius 3 is 2.57 bits per heavy atom. The zero-order valence-electron chi connectivity index (χ0n) is 13.7. The maximum atomic E-state index is 11.8. The van der Waals surface area contributed by atoms with Crippen LogP contribution in [0.1, 0.15) is 5.56 Å². The van der Waals surface area contributed by atoms with Crippen molar-refractivity contribution in [3.05, 3.63) is 66.2 Å². The number of hydrogen-bond acceptors (Lipinski definition) is 8. The summed E-state index contributed by atoms with van der Waals surface area (Å²) in [6.07, 6.45) is 0.984. The standard InChI is InChI=1S/C15H10Cl2N4O7/c16-9-4-11(17)15(12(5-9)21(26)27)28-7-14(23)19-18-6-8-3-10(20(24)25)1-2-13(8)22/h1-6,22H,7H2,(H,19,23)/b18-6+. The minimum atomic E-state index is -0.804. The van der Waals surface area contributed by atoms with E-state index in [0.29, 0.717) is 0 Å². The monoisotopic (exact) mass is 428 g/mol. The molecule has 0 aromatic heterocycles. The molecule has 13 heteroatoms. The zero-order chi connectivity index (χ0) is 20.8. The number of ether oxygens (including phenoxy) is 1. The second kappa shape index (κ2) is 8.97. The van der Waals surface area contributed by atoms with Crippen LogP contribution in [0.3, 0.4) is 0 Å². The number of nitrogens with zero attached hydrogens (tertiary/aromatic N) is 3. The lowest BCUT2D eigenvalue weighted by molar-refractivity contribution is -0.385. The van der Waals surface area contributed by atoms with Crippen molar-refractivity contribution < 1.29 is 24.5 Å². The lowest BCUT2D eigenvalue weighted by Gasteiger charge is -2.08. The fraction of sp³-hybridized carbons (Fsp3) is 0.0667. The highest BCUT2D eigenvalue weighted by atomic mass is 35.5. The van der Waals surface area contributed by atoms with Gasteiger partial charge in [0, 0.05) is 28.8 Å². The second-order valence-electron chi connectivity index (χ2n) is 5.08. The molecule has 2 rings (SSSR count). The summed E-state index contributed by atoms with van der Waals surface area (Å²) in [5.41, 5.74) is 1.24. The lowest BCUT2D eigenvalue weighted by Crippen LogP contribution is -2.24. The first-order chi connectivity index (χ1) is 13.2. The third-order valence-corrected chi connectivity index (χ3v) is 3.65. The van der Waals surface area contributed by atoms with Gasteiger partial charge in [0.2, 0.25) is 5.75 Å². The summed E-state index contributed by atoms with van der Waals surface area (Å²) in [4.78, 5) is 32.1. The molecule has 0 unspecified atom stereocenters. The van der Waals surface area contributed by atoms with Crippen molar-refractivity contribution >= 4 is 46.7 Å². The molecule has 2 N–H and O–H groups in total. The van der Waals surface area contributed by atoms with Gasteiger partial charge in [0.1, 0.15) is 5.75 Å². The van der Waals surface area contributed by atoms with Crippen molar-refractivity contribution in [3.8, 4) is 11.5 Å². The van der Waals surface area contributed by atoms with Gasteiger partial charge >= 0.3 is 5.69 Å². The third-order valence-electron chi connectivity index (χ3n) is 3.15. The fourth-order valence-corrected chi connectivity index (χ4v) is 2.47. The van der Waals surface area contributed by atoms with Crippen LogP contribution in [0, 0.1) is 20.2 Å². The Morgan fingerprint density at radius 1 is 1.21 bits per heavy atom. The lowest BCUT2D eigenvalue weighted by atomic mass is 10.2. The van der Waals surface area contributed by atoms with Crippen LogP contribution in [0.15, 0.2) is 35.4 Å². The number of hydrogen-bond donors (Lipinski definition) is 2. The van der Waals surface area contributed by atoms with Crippen molar-refractivity contribution in [2.75, 3.05) is 6.61 Å². The maximum Gasteiger partial charge on any atom is 0.314 e. The summed E-state index contributed by atoms with van der Waals surface area (Å²) >= 11 is 11.5. The van der Waals surface area contributed by atoms with E-state index in [1.807, 2.05) is 5.43 Å². The predicted octanol–water partition coefficient (Wildman–Crippen LogP) is 3.04. The number of rotatable bonds is 7. The number of amides is 1. The summed E-state index contributed by atoms with van der Waals surface area (Å²) in [7, 11) is 0. The Balaban J connectivity index is 2.03. The number of phenols is 1. The molecule has 0 heterocycles. The largest absolute Gasteiger partial charge is 0.507 e. The van der Waals surface area contributed by atoms with Crippen LogP contribution in [0.4, 0.5) is 11.4 Å². The molecule has 0 bridgehead atoms. The van der Waals surface area contributed by atoms with Crippen molar-refractivity contribution in [2.45, 2.75) is 0 Å². The van der Waals surface area contributed by atoms with E-state index in [1.165, 1.54) is 6.07 Å². The number of carbonyl (C=O) groups excluding carboxylic acids is 1. The quantitative estimate of drug-likeness (QED) is 0.389. The van der Waals surface area contributed by atoms with Gasteiger partial charge in [0.25, 0.3) is 11.6 Å². The van der Waals surface area contributed by atoms with Crippen LogP contribution in [-0.2, 0) is 4.79 Å². The fourth-order valence-electron chi connectivity index (χ4n) is 1.93. The number of halogens is 2. The van der Waals surface area contributed by atoms with E-state index in [1.54, 1.807) is 0 Å². The number of benzene rings is 2. The third kappa shape index (κ3) is 5.28. The first-order valence-electron chi connectivity index (χ1n) is 7.24. The average molecular weight is 429 g/mol. The molecule has 2 aromatic carbocycles. The van der Waals surface area contributed by atoms with E-state index < -0.39 is 28.0 Å². The van der Waals surface area contributed by atoms with Gasteiger partial charge in [-0.15, -0.1) is 0 Å². The van der Waals surface area contributed by atoms with Crippen molar-refractivity contribution in [3.63, 3.8) is 0 Å². The molecular weight excluding hydrogens is 419 g/mol. The topological polar surface area (TPSA) is 157 Å². The highest BCUT2D eigenvalue weighted by molar-refractivity contribution is 6.36. The van der Waals surface area contributed by atoms with E-state index in [4.69, 9.17) is 27.9 Å². The van der Waals surface area contributed by atoms with E-state index in [2.05, 4.69) is 5.10 Å². The molecule has 0 fully saturated rings. The molecule has 146 valence electrons. The molecule has 0 atom stereocenters. The number of nitro groups is 2. The smallest absolute Gasteiger partial charge is 0.314 e. The Kier molecular flexibility index (Phi) is 6.69. The van der Waals surface area contributed by atoms with Gasteiger partial charge in [0.05, 0.1) is 21.1 Å². The summed E-state index contributed by atoms with van der Waals surface area (Å²) in [6.45, 7) is -0.666. The van der Waals surface area contributed by atoms with E-state index >= 15 is 0 Å².